The summed E-state index contributed by atoms with van der Waals surface area (Å²) in [6, 6.07) is 14.2. The van der Waals surface area contributed by atoms with Gasteiger partial charge in [-0.25, -0.2) is 0 Å². The van der Waals surface area contributed by atoms with E-state index >= 15 is 0 Å². The number of nitrogens with zero attached hydrogens (tertiary/aromatic N) is 2. The molecule has 0 aliphatic rings. The van der Waals surface area contributed by atoms with Gasteiger partial charge in [-0.05, 0) is 42.7 Å². The van der Waals surface area contributed by atoms with Crippen molar-refractivity contribution in [3.63, 3.8) is 0 Å². The Balaban J connectivity index is 2.38. The molecule has 90 valence electrons. The molecule has 0 saturated heterocycles. The van der Waals surface area contributed by atoms with Crippen molar-refractivity contribution < 1.29 is 0 Å². The first-order chi connectivity index (χ1) is 8.65. The molecular formula is C15H13BrN2. The van der Waals surface area contributed by atoms with Crippen LogP contribution < -0.4 is 0 Å². The second kappa shape index (κ2) is 5.32. The van der Waals surface area contributed by atoms with Crippen LogP contribution in [0.3, 0.4) is 0 Å². The predicted molar refractivity (Wildman–Crippen MR) is 75.0 cm³/mol. The van der Waals surface area contributed by atoms with Crippen LogP contribution in [0.4, 0.5) is 0 Å². The highest BCUT2D eigenvalue weighted by Gasteiger charge is 2.28. The van der Waals surface area contributed by atoms with Crippen molar-refractivity contribution in [1.82, 2.24) is 4.98 Å². The van der Waals surface area contributed by atoms with Gasteiger partial charge in [0, 0.05) is 16.9 Å². The Morgan fingerprint density at radius 1 is 1.22 bits per heavy atom. The summed E-state index contributed by atoms with van der Waals surface area (Å²) in [4.78, 5) is 4.00. The summed E-state index contributed by atoms with van der Waals surface area (Å²) in [5.74, 6) is 0. The minimum Gasteiger partial charge on any atom is -0.265 e. The monoisotopic (exact) mass is 300 g/mol. The van der Waals surface area contributed by atoms with Crippen LogP contribution in [0.1, 0.15) is 18.1 Å². The summed E-state index contributed by atoms with van der Waals surface area (Å²) in [5, 5.41) is 9.54. The molecular weight excluding hydrogens is 288 g/mol. The first-order valence-electron chi connectivity index (χ1n) is 5.71. The molecule has 0 N–H and O–H groups in total. The number of hydrogen-bond acceptors (Lipinski definition) is 2. The highest BCUT2D eigenvalue weighted by atomic mass is 79.9. The van der Waals surface area contributed by atoms with Crippen molar-refractivity contribution in [2.45, 2.75) is 18.8 Å². The smallest absolute Gasteiger partial charge is 0.0845 e. The van der Waals surface area contributed by atoms with Gasteiger partial charge in [0.1, 0.15) is 0 Å². The number of halogens is 1. The Morgan fingerprint density at radius 2 is 1.89 bits per heavy atom. The molecule has 0 bridgehead atoms. The van der Waals surface area contributed by atoms with E-state index in [2.05, 4.69) is 27.0 Å². The zero-order valence-corrected chi connectivity index (χ0v) is 11.7. The number of hydrogen-bond donors (Lipinski definition) is 0. The lowest BCUT2D eigenvalue weighted by atomic mass is 9.79. The van der Waals surface area contributed by atoms with Crippen molar-refractivity contribution in [1.29, 1.82) is 5.26 Å². The lowest BCUT2D eigenvalue weighted by Gasteiger charge is -2.23. The van der Waals surface area contributed by atoms with Gasteiger partial charge in [-0.1, -0.05) is 34.1 Å². The lowest BCUT2D eigenvalue weighted by molar-refractivity contribution is 0.603. The third kappa shape index (κ3) is 2.60. The Bertz CT molecular complexity index is 575. The average molecular weight is 301 g/mol. The molecule has 0 amide bonds. The second-order valence-corrected chi connectivity index (χ2v) is 5.31. The first-order valence-corrected chi connectivity index (χ1v) is 6.50. The van der Waals surface area contributed by atoms with E-state index in [1.54, 1.807) is 12.4 Å². The van der Waals surface area contributed by atoms with Gasteiger partial charge in [0.15, 0.2) is 0 Å². The third-order valence-corrected chi connectivity index (χ3v) is 3.71. The highest BCUT2D eigenvalue weighted by Crippen LogP contribution is 2.32. The number of benzene rings is 1. The predicted octanol–water partition coefficient (Wildman–Crippen LogP) is 3.87. The van der Waals surface area contributed by atoms with Crippen LogP contribution in [0.5, 0.6) is 0 Å². The molecule has 1 unspecified atom stereocenters. The van der Waals surface area contributed by atoms with Gasteiger partial charge >= 0.3 is 0 Å². The van der Waals surface area contributed by atoms with Gasteiger partial charge in [-0.3, -0.25) is 4.98 Å². The van der Waals surface area contributed by atoms with Gasteiger partial charge in [0.05, 0.1) is 11.5 Å². The maximum absolute atomic E-state index is 9.54. The zero-order valence-electron chi connectivity index (χ0n) is 10.1. The summed E-state index contributed by atoms with van der Waals surface area (Å²) in [5.41, 5.74) is 1.59. The lowest BCUT2D eigenvalue weighted by Crippen LogP contribution is -2.23. The fourth-order valence-electron chi connectivity index (χ4n) is 2.01. The Kier molecular flexibility index (Phi) is 3.78. The molecule has 18 heavy (non-hydrogen) atoms. The standard InChI is InChI=1S/C15H13BrN2/c1-15(11-17,10-12-6-8-18-9-7-12)13-4-2-3-5-14(13)16/h2-9H,10H2,1H3. The van der Waals surface area contributed by atoms with Crippen molar-refractivity contribution in [2.24, 2.45) is 0 Å². The minimum absolute atomic E-state index is 0.540. The van der Waals surface area contributed by atoms with Gasteiger partial charge in [0.25, 0.3) is 0 Å². The summed E-state index contributed by atoms with van der Waals surface area (Å²) in [6.45, 7) is 1.97. The van der Waals surface area contributed by atoms with E-state index in [9.17, 15) is 5.26 Å². The fraction of sp³-hybridized carbons (Fsp3) is 0.200. The molecule has 2 aromatic rings. The van der Waals surface area contributed by atoms with E-state index in [1.807, 2.05) is 43.3 Å². The van der Waals surface area contributed by atoms with Crippen LogP contribution in [0.2, 0.25) is 0 Å². The average Bonchev–Trinajstić information content (AvgIpc) is 2.40. The van der Waals surface area contributed by atoms with Gasteiger partial charge in [-0.15, -0.1) is 0 Å². The van der Waals surface area contributed by atoms with Crippen molar-refractivity contribution in [3.8, 4) is 6.07 Å². The zero-order chi connectivity index (χ0) is 13.0. The second-order valence-electron chi connectivity index (χ2n) is 4.46. The molecule has 2 rings (SSSR count). The summed E-state index contributed by atoms with van der Waals surface area (Å²) >= 11 is 3.52. The van der Waals surface area contributed by atoms with E-state index in [0.29, 0.717) is 6.42 Å². The summed E-state index contributed by atoms with van der Waals surface area (Å²) in [6.07, 6.45) is 4.19. The number of pyridine rings is 1. The summed E-state index contributed by atoms with van der Waals surface area (Å²) < 4.78 is 0.975. The van der Waals surface area contributed by atoms with Crippen molar-refractivity contribution in [2.75, 3.05) is 0 Å². The van der Waals surface area contributed by atoms with Crippen LogP contribution in [0.25, 0.3) is 0 Å². The molecule has 1 atom stereocenters. The molecule has 0 fully saturated rings. The third-order valence-electron chi connectivity index (χ3n) is 3.02. The topological polar surface area (TPSA) is 36.7 Å². The number of rotatable bonds is 3. The fourth-order valence-corrected chi connectivity index (χ4v) is 2.73. The molecule has 2 nitrogen and oxygen atoms in total. The van der Waals surface area contributed by atoms with E-state index in [1.165, 1.54) is 0 Å². The molecule has 0 spiro atoms. The van der Waals surface area contributed by atoms with Crippen LogP contribution >= 0.6 is 15.9 Å². The molecule has 0 aliphatic heterocycles. The molecule has 3 heteroatoms. The van der Waals surface area contributed by atoms with E-state index < -0.39 is 5.41 Å². The quantitative estimate of drug-likeness (QED) is 0.863. The van der Waals surface area contributed by atoms with E-state index in [0.717, 1.165) is 15.6 Å². The normalized spacial score (nSPS) is 13.6. The Labute approximate surface area is 115 Å². The SMILES string of the molecule is CC(C#N)(Cc1ccncc1)c1ccccc1Br. The maximum atomic E-state index is 9.54. The first kappa shape index (κ1) is 12.8. The minimum atomic E-state index is -0.540. The molecule has 0 saturated carbocycles. The molecule has 1 aromatic carbocycles. The van der Waals surface area contributed by atoms with Gasteiger partial charge < -0.3 is 0 Å². The Morgan fingerprint density at radius 3 is 2.50 bits per heavy atom. The van der Waals surface area contributed by atoms with E-state index in [4.69, 9.17) is 0 Å². The van der Waals surface area contributed by atoms with E-state index in [-0.39, 0.29) is 0 Å². The Hall–Kier alpha value is -1.66. The number of aromatic nitrogens is 1. The van der Waals surface area contributed by atoms with Gasteiger partial charge in [0.2, 0.25) is 0 Å². The summed E-state index contributed by atoms with van der Waals surface area (Å²) in [7, 11) is 0. The molecule has 0 radical (unpaired) electrons. The molecule has 0 aliphatic carbocycles. The van der Waals surface area contributed by atoms with Crippen molar-refractivity contribution >= 4 is 15.9 Å². The molecule has 1 heterocycles. The van der Waals surface area contributed by atoms with Crippen molar-refractivity contribution in [3.05, 3.63) is 64.4 Å². The van der Waals surface area contributed by atoms with Crippen LogP contribution in [-0.4, -0.2) is 4.98 Å². The highest BCUT2D eigenvalue weighted by molar-refractivity contribution is 9.10. The van der Waals surface area contributed by atoms with Gasteiger partial charge in [-0.2, -0.15) is 5.26 Å². The maximum Gasteiger partial charge on any atom is 0.0845 e. The largest absolute Gasteiger partial charge is 0.265 e. The molecule has 1 aromatic heterocycles. The van der Waals surface area contributed by atoms with Crippen LogP contribution in [0, 0.1) is 11.3 Å². The number of nitriles is 1. The van der Waals surface area contributed by atoms with Crippen LogP contribution in [0.15, 0.2) is 53.3 Å². The van der Waals surface area contributed by atoms with Crippen LogP contribution in [-0.2, 0) is 11.8 Å².